The minimum Gasteiger partial charge on any atom is -0.456 e. The fourth-order valence-corrected chi connectivity index (χ4v) is 1.99. The van der Waals surface area contributed by atoms with Gasteiger partial charge >= 0.3 is 5.97 Å². The number of carbonyl (C=O) groups is 2. The van der Waals surface area contributed by atoms with Crippen LogP contribution in [0.4, 0.5) is 0 Å². The number of hydrogen-bond donors (Lipinski definition) is 1. The summed E-state index contributed by atoms with van der Waals surface area (Å²) in [4.78, 5) is 23.2. The van der Waals surface area contributed by atoms with E-state index in [4.69, 9.17) is 10.5 Å². The van der Waals surface area contributed by atoms with Crippen molar-refractivity contribution in [2.45, 2.75) is 26.4 Å². The summed E-state index contributed by atoms with van der Waals surface area (Å²) in [6.07, 6.45) is 0. The lowest BCUT2D eigenvalue weighted by molar-refractivity contribution is 0.00695. The fraction of sp³-hybridized carbons (Fsp3) is 0.222. The van der Waals surface area contributed by atoms with Crippen LogP contribution < -0.4 is 5.73 Å². The van der Waals surface area contributed by atoms with Gasteiger partial charge in [-0.3, -0.25) is 4.79 Å². The zero-order valence-corrected chi connectivity index (χ0v) is 12.9. The lowest BCUT2D eigenvalue weighted by Gasteiger charge is -2.19. The molecular formula is C18H19NO3. The van der Waals surface area contributed by atoms with Gasteiger partial charge in [-0.05, 0) is 56.2 Å². The van der Waals surface area contributed by atoms with E-state index in [0.717, 1.165) is 11.1 Å². The predicted octanol–water partition coefficient (Wildman–Crippen LogP) is 3.41. The van der Waals surface area contributed by atoms with Crippen LogP contribution in [0.3, 0.4) is 0 Å². The molecule has 0 radical (unpaired) electrons. The molecule has 0 unspecified atom stereocenters. The quantitative estimate of drug-likeness (QED) is 0.883. The molecule has 1 amide bonds. The molecule has 0 aromatic heterocycles. The Morgan fingerprint density at radius 1 is 0.909 bits per heavy atom. The lowest BCUT2D eigenvalue weighted by Crippen LogP contribution is -2.23. The second-order valence-electron chi connectivity index (χ2n) is 6.02. The lowest BCUT2D eigenvalue weighted by atomic mass is 10.0. The first kappa shape index (κ1) is 15.8. The molecule has 2 aromatic carbocycles. The Morgan fingerprint density at radius 3 is 2.09 bits per heavy atom. The second-order valence-corrected chi connectivity index (χ2v) is 6.02. The van der Waals surface area contributed by atoms with Crippen molar-refractivity contribution in [1.29, 1.82) is 0 Å². The zero-order valence-electron chi connectivity index (χ0n) is 12.9. The van der Waals surface area contributed by atoms with E-state index in [0.29, 0.717) is 11.1 Å². The van der Waals surface area contributed by atoms with Crippen LogP contribution in [0.2, 0.25) is 0 Å². The topological polar surface area (TPSA) is 69.4 Å². The Balaban J connectivity index is 2.24. The highest BCUT2D eigenvalue weighted by molar-refractivity contribution is 5.94. The SMILES string of the molecule is CC(C)(C)OC(=O)c1ccc(-c2cccc(C(N)=O)c2)cc1. The molecule has 0 saturated heterocycles. The molecular weight excluding hydrogens is 278 g/mol. The molecule has 4 heteroatoms. The van der Waals surface area contributed by atoms with Crippen LogP contribution in [0.5, 0.6) is 0 Å². The number of ether oxygens (including phenoxy) is 1. The summed E-state index contributed by atoms with van der Waals surface area (Å²) in [6, 6.07) is 14.1. The first-order valence-electron chi connectivity index (χ1n) is 7.00. The standard InChI is InChI=1S/C18H19NO3/c1-18(2,3)22-17(21)13-9-7-12(8-10-13)14-5-4-6-15(11-14)16(19)20/h4-11H,1-3H3,(H2,19,20). The van der Waals surface area contributed by atoms with Gasteiger partial charge < -0.3 is 10.5 Å². The third-order valence-electron chi connectivity index (χ3n) is 3.00. The highest BCUT2D eigenvalue weighted by atomic mass is 16.6. The Bertz CT molecular complexity index is 697. The molecule has 0 spiro atoms. The number of benzene rings is 2. The van der Waals surface area contributed by atoms with E-state index in [1.54, 1.807) is 30.3 Å². The summed E-state index contributed by atoms with van der Waals surface area (Å²) in [5.74, 6) is -0.822. The molecule has 22 heavy (non-hydrogen) atoms. The maximum absolute atomic E-state index is 12.0. The Hall–Kier alpha value is -2.62. The molecule has 2 N–H and O–H groups in total. The predicted molar refractivity (Wildman–Crippen MR) is 85.6 cm³/mol. The Kier molecular flexibility index (Phi) is 4.31. The first-order valence-corrected chi connectivity index (χ1v) is 7.00. The second kappa shape index (κ2) is 6.02. The number of amides is 1. The van der Waals surface area contributed by atoms with Crippen LogP contribution in [-0.4, -0.2) is 17.5 Å². The Labute approximate surface area is 129 Å². The Morgan fingerprint density at radius 2 is 1.55 bits per heavy atom. The normalized spacial score (nSPS) is 11.0. The largest absolute Gasteiger partial charge is 0.456 e. The van der Waals surface area contributed by atoms with Crippen LogP contribution in [0, 0.1) is 0 Å². The summed E-state index contributed by atoms with van der Waals surface area (Å²) in [5.41, 5.74) is 7.47. The summed E-state index contributed by atoms with van der Waals surface area (Å²) in [6.45, 7) is 5.48. The van der Waals surface area contributed by atoms with Gasteiger partial charge in [-0.25, -0.2) is 4.79 Å². The number of esters is 1. The molecule has 2 aromatic rings. The van der Waals surface area contributed by atoms with Crippen molar-refractivity contribution in [3.63, 3.8) is 0 Å². The molecule has 0 saturated carbocycles. The van der Waals surface area contributed by atoms with E-state index in [-0.39, 0.29) is 5.97 Å². The number of primary amides is 1. The van der Waals surface area contributed by atoms with Gasteiger partial charge in [0.2, 0.25) is 5.91 Å². The third kappa shape index (κ3) is 3.95. The van der Waals surface area contributed by atoms with E-state index >= 15 is 0 Å². The average Bonchev–Trinajstić information content (AvgIpc) is 2.46. The molecule has 0 bridgehead atoms. The van der Waals surface area contributed by atoms with Crippen molar-refractivity contribution >= 4 is 11.9 Å². The molecule has 0 atom stereocenters. The molecule has 0 aliphatic heterocycles. The monoisotopic (exact) mass is 297 g/mol. The van der Waals surface area contributed by atoms with Gasteiger partial charge in [0.1, 0.15) is 5.60 Å². The van der Waals surface area contributed by atoms with Crippen molar-refractivity contribution in [2.24, 2.45) is 5.73 Å². The summed E-state index contributed by atoms with van der Waals surface area (Å²) in [7, 11) is 0. The van der Waals surface area contributed by atoms with Gasteiger partial charge in [0.05, 0.1) is 5.56 Å². The minimum absolute atomic E-state index is 0.357. The maximum atomic E-state index is 12.0. The van der Waals surface area contributed by atoms with Gasteiger partial charge in [0.15, 0.2) is 0 Å². The molecule has 4 nitrogen and oxygen atoms in total. The number of nitrogens with two attached hydrogens (primary N) is 1. The van der Waals surface area contributed by atoms with Crippen molar-refractivity contribution in [3.8, 4) is 11.1 Å². The van der Waals surface area contributed by atoms with Crippen LogP contribution in [0.15, 0.2) is 48.5 Å². The summed E-state index contributed by atoms with van der Waals surface area (Å²) in [5, 5.41) is 0. The van der Waals surface area contributed by atoms with Crippen molar-refractivity contribution in [2.75, 3.05) is 0 Å². The molecule has 0 aliphatic rings. The van der Waals surface area contributed by atoms with Gasteiger partial charge in [-0.15, -0.1) is 0 Å². The minimum atomic E-state index is -0.522. The summed E-state index contributed by atoms with van der Waals surface area (Å²) < 4.78 is 5.32. The molecule has 2 rings (SSSR count). The molecule has 0 heterocycles. The maximum Gasteiger partial charge on any atom is 0.338 e. The third-order valence-corrected chi connectivity index (χ3v) is 3.00. The summed E-state index contributed by atoms with van der Waals surface area (Å²) >= 11 is 0. The van der Waals surface area contributed by atoms with Crippen LogP contribution >= 0.6 is 0 Å². The molecule has 0 aliphatic carbocycles. The number of rotatable bonds is 3. The van der Waals surface area contributed by atoms with Crippen molar-refractivity contribution < 1.29 is 14.3 Å². The highest BCUT2D eigenvalue weighted by Gasteiger charge is 2.17. The smallest absolute Gasteiger partial charge is 0.338 e. The zero-order chi connectivity index (χ0) is 16.3. The van der Waals surface area contributed by atoms with E-state index in [1.165, 1.54) is 0 Å². The van der Waals surface area contributed by atoms with E-state index in [1.807, 2.05) is 39.0 Å². The van der Waals surface area contributed by atoms with Gasteiger partial charge in [-0.2, -0.15) is 0 Å². The van der Waals surface area contributed by atoms with Gasteiger partial charge in [0, 0.05) is 5.56 Å². The van der Waals surface area contributed by atoms with Crippen LogP contribution in [-0.2, 0) is 4.74 Å². The van der Waals surface area contributed by atoms with Gasteiger partial charge in [-0.1, -0.05) is 24.3 Å². The van der Waals surface area contributed by atoms with Gasteiger partial charge in [0.25, 0.3) is 0 Å². The molecule has 114 valence electrons. The highest BCUT2D eigenvalue weighted by Crippen LogP contribution is 2.22. The van der Waals surface area contributed by atoms with Crippen molar-refractivity contribution in [1.82, 2.24) is 0 Å². The van der Waals surface area contributed by atoms with Crippen molar-refractivity contribution in [3.05, 3.63) is 59.7 Å². The average molecular weight is 297 g/mol. The van der Waals surface area contributed by atoms with Crippen LogP contribution in [0.25, 0.3) is 11.1 Å². The van der Waals surface area contributed by atoms with E-state index < -0.39 is 11.5 Å². The molecule has 0 fully saturated rings. The van der Waals surface area contributed by atoms with E-state index in [9.17, 15) is 9.59 Å². The number of carbonyl (C=O) groups excluding carboxylic acids is 2. The van der Waals surface area contributed by atoms with Crippen LogP contribution in [0.1, 0.15) is 41.5 Å². The first-order chi connectivity index (χ1) is 10.3. The van der Waals surface area contributed by atoms with E-state index in [2.05, 4.69) is 0 Å². The fourth-order valence-electron chi connectivity index (χ4n) is 1.99. The number of hydrogen-bond acceptors (Lipinski definition) is 3.